The molecular weight excluding hydrogens is 222 g/mol. The zero-order valence-electron chi connectivity index (χ0n) is 11.1. The molecule has 2 nitrogen and oxygen atoms in total. The molecule has 2 N–H and O–H groups in total. The fourth-order valence-corrected chi connectivity index (χ4v) is 1.81. The first kappa shape index (κ1) is 14.2. The van der Waals surface area contributed by atoms with E-state index < -0.39 is 0 Å². The van der Waals surface area contributed by atoms with Gasteiger partial charge < -0.3 is 5.73 Å². The lowest BCUT2D eigenvalue weighted by molar-refractivity contribution is -0.117. The lowest BCUT2D eigenvalue weighted by atomic mass is 10.0. The molecule has 0 heterocycles. The molecule has 1 aromatic rings. The van der Waals surface area contributed by atoms with Gasteiger partial charge in [-0.05, 0) is 36.5 Å². The summed E-state index contributed by atoms with van der Waals surface area (Å²) in [5.74, 6) is -0.250. The van der Waals surface area contributed by atoms with Crippen molar-refractivity contribution in [3.8, 4) is 0 Å². The molecular formula is C16H21NO. The van der Waals surface area contributed by atoms with Gasteiger partial charge in [0.25, 0.3) is 0 Å². The molecule has 0 aliphatic rings. The van der Waals surface area contributed by atoms with Crippen LogP contribution in [-0.2, 0) is 11.2 Å². The largest absolute Gasteiger partial charge is 0.370 e. The van der Waals surface area contributed by atoms with Crippen LogP contribution in [0.25, 0.3) is 5.57 Å². The summed E-state index contributed by atoms with van der Waals surface area (Å²) < 4.78 is 0. The number of aryl methyl sites for hydroxylation is 1. The quantitative estimate of drug-likeness (QED) is 0.764. The van der Waals surface area contributed by atoms with Crippen LogP contribution in [0.1, 0.15) is 37.8 Å². The van der Waals surface area contributed by atoms with Crippen LogP contribution >= 0.6 is 0 Å². The summed E-state index contributed by atoms with van der Waals surface area (Å²) in [6.45, 7) is 4.15. The molecule has 0 aliphatic carbocycles. The van der Waals surface area contributed by atoms with Crippen molar-refractivity contribution in [1.29, 1.82) is 0 Å². The normalized spacial score (nSPS) is 12.0. The maximum Gasteiger partial charge on any atom is 0.217 e. The summed E-state index contributed by atoms with van der Waals surface area (Å²) in [5.41, 5.74) is 8.73. The molecule has 2 heteroatoms. The molecule has 18 heavy (non-hydrogen) atoms. The highest BCUT2D eigenvalue weighted by molar-refractivity contribution is 5.75. The van der Waals surface area contributed by atoms with Crippen molar-refractivity contribution in [3.63, 3.8) is 0 Å². The third kappa shape index (κ3) is 4.58. The second-order valence-corrected chi connectivity index (χ2v) is 4.23. The molecule has 0 aliphatic heterocycles. The number of carbonyl (C=O) groups is 1. The number of primary amides is 1. The summed E-state index contributed by atoms with van der Waals surface area (Å²) in [6.07, 6.45) is 8.50. The molecule has 0 bridgehead atoms. The highest BCUT2D eigenvalue weighted by atomic mass is 16.1. The fourth-order valence-electron chi connectivity index (χ4n) is 1.81. The minimum atomic E-state index is -0.250. The Morgan fingerprint density at radius 3 is 2.44 bits per heavy atom. The minimum Gasteiger partial charge on any atom is -0.370 e. The van der Waals surface area contributed by atoms with Crippen molar-refractivity contribution in [2.45, 2.75) is 33.1 Å². The van der Waals surface area contributed by atoms with Gasteiger partial charge in [0.1, 0.15) is 0 Å². The van der Waals surface area contributed by atoms with Crippen LogP contribution in [0.2, 0.25) is 0 Å². The molecule has 0 atom stereocenters. The SMILES string of the molecule is C/C=C\C(=C/CC)c1ccc(CCC(N)=O)cc1. The van der Waals surface area contributed by atoms with E-state index in [1.807, 2.05) is 13.0 Å². The first-order valence-corrected chi connectivity index (χ1v) is 6.37. The lowest BCUT2D eigenvalue weighted by Crippen LogP contribution is -2.11. The Hall–Kier alpha value is -1.83. The summed E-state index contributed by atoms with van der Waals surface area (Å²) >= 11 is 0. The molecule has 0 fully saturated rings. The van der Waals surface area contributed by atoms with E-state index in [0.29, 0.717) is 12.8 Å². The maximum absolute atomic E-state index is 10.7. The van der Waals surface area contributed by atoms with Crippen LogP contribution in [0.4, 0.5) is 0 Å². The van der Waals surface area contributed by atoms with E-state index in [1.54, 1.807) is 0 Å². The standard InChI is InChI=1S/C16H21NO/c1-3-5-14(6-4-2)15-10-7-13(8-11-15)9-12-16(17)18/h3,5-8,10-11H,4,9,12H2,1-2H3,(H2,17,18)/b5-3-,14-6+. The Balaban J connectivity index is 2.80. The molecule has 0 aromatic heterocycles. The van der Waals surface area contributed by atoms with Gasteiger partial charge in [-0.2, -0.15) is 0 Å². The molecule has 0 radical (unpaired) electrons. The summed E-state index contributed by atoms with van der Waals surface area (Å²) in [4.78, 5) is 10.7. The molecule has 0 spiro atoms. The minimum absolute atomic E-state index is 0.250. The van der Waals surface area contributed by atoms with Crippen LogP contribution in [0, 0.1) is 0 Å². The van der Waals surface area contributed by atoms with E-state index in [2.05, 4.69) is 43.3 Å². The number of benzene rings is 1. The first-order valence-electron chi connectivity index (χ1n) is 6.37. The van der Waals surface area contributed by atoms with Crippen LogP contribution in [0.3, 0.4) is 0 Å². The number of hydrogen-bond donors (Lipinski definition) is 1. The monoisotopic (exact) mass is 243 g/mol. The summed E-state index contributed by atoms with van der Waals surface area (Å²) in [7, 11) is 0. The van der Waals surface area contributed by atoms with Gasteiger partial charge in [0, 0.05) is 6.42 Å². The number of hydrogen-bond acceptors (Lipinski definition) is 1. The highest BCUT2D eigenvalue weighted by Crippen LogP contribution is 2.18. The van der Waals surface area contributed by atoms with Crippen molar-refractivity contribution >= 4 is 11.5 Å². The molecule has 0 unspecified atom stereocenters. The molecule has 0 saturated heterocycles. The van der Waals surface area contributed by atoms with Crippen molar-refractivity contribution in [2.24, 2.45) is 5.73 Å². The second-order valence-electron chi connectivity index (χ2n) is 4.23. The first-order chi connectivity index (χ1) is 8.67. The van der Waals surface area contributed by atoms with E-state index in [4.69, 9.17) is 5.73 Å². The Labute approximate surface area is 109 Å². The van der Waals surface area contributed by atoms with Gasteiger partial charge in [0.05, 0.1) is 0 Å². The topological polar surface area (TPSA) is 43.1 Å². The maximum atomic E-state index is 10.7. The van der Waals surface area contributed by atoms with Gasteiger partial charge in [-0.15, -0.1) is 0 Å². The van der Waals surface area contributed by atoms with Crippen molar-refractivity contribution in [2.75, 3.05) is 0 Å². The van der Waals surface area contributed by atoms with Gasteiger partial charge in [-0.1, -0.05) is 49.4 Å². The van der Waals surface area contributed by atoms with Gasteiger partial charge in [-0.25, -0.2) is 0 Å². The Morgan fingerprint density at radius 1 is 1.28 bits per heavy atom. The van der Waals surface area contributed by atoms with Crippen LogP contribution in [-0.4, -0.2) is 5.91 Å². The van der Waals surface area contributed by atoms with E-state index in [0.717, 1.165) is 12.0 Å². The van der Waals surface area contributed by atoms with Crippen LogP contribution in [0.15, 0.2) is 42.5 Å². The Kier molecular flexibility index (Phi) is 5.92. The molecule has 1 amide bonds. The van der Waals surface area contributed by atoms with E-state index in [9.17, 15) is 4.79 Å². The average molecular weight is 243 g/mol. The van der Waals surface area contributed by atoms with Crippen molar-refractivity contribution < 1.29 is 4.79 Å². The Morgan fingerprint density at radius 2 is 1.94 bits per heavy atom. The predicted octanol–water partition coefficient (Wildman–Crippen LogP) is 3.47. The molecule has 96 valence electrons. The van der Waals surface area contributed by atoms with Gasteiger partial charge in [-0.3, -0.25) is 4.79 Å². The van der Waals surface area contributed by atoms with Crippen molar-refractivity contribution in [1.82, 2.24) is 0 Å². The second kappa shape index (κ2) is 7.49. The number of carbonyl (C=O) groups excluding carboxylic acids is 1. The van der Waals surface area contributed by atoms with Crippen LogP contribution in [0.5, 0.6) is 0 Å². The molecule has 1 aromatic carbocycles. The predicted molar refractivity (Wildman–Crippen MR) is 77.0 cm³/mol. The lowest BCUT2D eigenvalue weighted by Gasteiger charge is -2.05. The van der Waals surface area contributed by atoms with Gasteiger partial charge in [0.2, 0.25) is 5.91 Å². The number of rotatable bonds is 6. The Bertz CT molecular complexity index is 441. The average Bonchev–Trinajstić information content (AvgIpc) is 2.37. The zero-order valence-corrected chi connectivity index (χ0v) is 11.1. The fraction of sp³-hybridized carbons (Fsp3) is 0.312. The molecule has 1 rings (SSSR count). The third-order valence-electron chi connectivity index (χ3n) is 2.72. The number of nitrogens with two attached hydrogens (primary N) is 1. The smallest absolute Gasteiger partial charge is 0.217 e. The summed E-state index contributed by atoms with van der Waals surface area (Å²) in [5, 5.41) is 0. The van der Waals surface area contributed by atoms with Crippen LogP contribution < -0.4 is 5.73 Å². The highest BCUT2D eigenvalue weighted by Gasteiger charge is 2.00. The zero-order chi connectivity index (χ0) is 13.4. The van der Waals surface area contributed by atoms with E-state index in [1.165, 1.54) is 11.1 Å². The van der Waals surface area contributed by atoms with Crippen molar-refractivity contribution in [3.05, 3.63) is 53.6 Å². The molecule has 0 saturated carbocycles. The number of allylic oxidation sites excluding steroid dienone is 4. The van der Waals surface area contributed by atoms with Gasteiger partial charge in [0.15, 0.2) is 0 Å². The van der Waals surface area contributed by atoms with E-state index >= 15 is 0 Å². The number of amides is 1. The summed E-state index contributed by atoms with van der Waals surface area (Å²) in [6, 6.07) is 8.31. The third-order valence-corrected chi connectivity index (χ3v) is 2.72. The van der Waals surface area contributed by atoms with Gasteiger partial charge >= 0.3 is 0 Å². The van der Waals surface area contributed by atoms with E-state index in [-0.39, 0.29) is 5.91 Å².